The molecule has 6 nitrogen and oxygen atoms in total. The van der Waals surface area contributed by atoms with Gasteiger partial charge in [-0.05, 0) is 0 Å². The number of carbonyl (C=O) groups excluding carboxylic acids is 1. The van der Waals surface area contributed by atoms with Crippen LogP contribution in [0.25, 0.3) is 0 Å². The summed E-state index contributed by atoms with van der Waals surface area (Å²) in [7, 11) is -2.54. The van der Waals surface area contributed by atoms with Gasteiger partial charge >= 0.3 is 45.8 Å². The summed E-state index contributed by atoms with van der Waals surface area (Å²) in [5.41, 5.74) is 0. The van der Waals surface area contributed by atoms with E-state index < -0.39 is 16.2 Å². The van der Waals surface area contributed by atoms with Crippen molar-refractivity contribution in [2.45, 2.75) is 13.8 Å². The molecule has 8 heteroatoms. The van der Waals surface area contributed by atoms with Crippen LogP contribution in [0.2, 0.25) is 0 Å². The summed E-state index contributed by atoms with van der Waals surface area (Å²) >= 11 is 0. The van der Waals surface area contributed by atoms with Gasteiger partial charge in [0.15, 0.2) is 0 Å². The minimum absolute atomic E-state index is 0. The van der Waals surface area contributed by atoms with Crippen molar-refractivity contribution in [2.24, 2.45) is 10.9 Å². The molecule has 1 heterocycles. The Labute approximate surface area is 105 Å². The van der Waals surface area contributed by atoms with E-state index in [2.05, 4.69) is 9.71 Å². The predicted molar refractivity (Wildman–Crippen MR) is 54.6 cm³/mol. The molecule has 1 N–H and O–H groups in total. The molecule has 0 aliphatic carbocycles. The summed E-state index contributed by atoms with van der Waals surface area (Å²) in [5.74, 6) is 0.0653. The van der Waals surface area contributed by atoms with Crippen molar-refractivity contribution in [3.63, 3.8) is 0 Å². The molecule has 0 aromatic heterocycles. The zero-order chi connectivity index (χ0) is 10.2. The van der Waals surface area contributed by atoms with Crippen molar-refractivity contribution in [3.05, 3.63) is 0 Å². The SMILES string of the molecule is CC(C)C1=NC(=O)N(C)S(=O)(=O)N1.[NaH]. The number of urea groups is 1. The number of hydrogen-bond donors (Lipinski definition) is 1. The first-order chi connectivity index (χ1) is 5.84. The van der Waals surface area contributed by atoms with Crippen LogP contribution in [0.15, 0.2) is 4.99 Å². The van der Waals surface area contributed by atoms with Gasteiger partial charge in [-0.3, -0.25) is 4.72 Å². The Hall–Kier alpha value is -0.110. The van der Waals surface area contributed by atoms with Gasteiger partial charge in [-0.1, -0.05) is 13.8 Å². The fourth-order valence-electron chi connectivity index (χ4n) is 0.747. The molecule has 1 rings (SSSR count). The van der Waals surface area contributed by atoms with Crippen molar-refractivity contribution >= 4 is 51.6 Å². The Morgan fingerprint density at radius 2 is 1.93 bits per heavy atom. The number of carbonyl (C=O) groups is 1. The monoisotopic (exact) mass is 229 g/mol. The average Bonchev–Trinajstić information content (AvgIpc) is 1.99. The first kappa shape index (κ1) is 13.9. The van der Waals surface area contributed by atoms with Gasteiger partial charge in [-0.2, -0.15) is 13.4 Å². The molecule has 0 atom stereocenters. The summed E-state index contributed by atoms with van der Waals surface area (Å²) in [5, 5.41) is 0. The van der Waals surface area contributed by atoms with Crippen LogP contribution in [0.4, 0.5) is 4.79 Å². The number of amides is 2. The van der Waals surface area contributed by atoms with E-state index in [0.29, 0.717) is 4.31 Å². The third-order valence-corrected chi connectivity index (χ3v) is 2.97. The van der Waals surface area contributed by atoms with Crippen LogP contribution in [0.1, 0.15) is 13.8 Å². The van der Waals surface area contributed by atoms with E-state index in [1.807, 2.05) is 0 Å². The van der Waals surface area contributed by atoms with Crippen LogP contribution >= 0.6 is 0 Å². The molecule has 1 aliphatic heterocycles. The molecule has 14 heavy (non-hydrogen) atoms. The van der Waals surface area contributed by atoms with Crippen LogP contribution in [-0.2, 0) is 10.2 Å². The fourth-order valence-corrected chi connectivity index (χ4v) is 1.68. The minimum atomic E-state index is -3.70. The van der Waals surface area contributed by atoms with Gasteiger partial charge in [-0.25, -0.2) is 9.10 Å². The zero-order valence-corrected chi connectivity index (χ0v) is 8.42. The van der Waals surface area contributed by atoms with Crippen molar-refractivity contribution in [2.75, 3.05) is 7.05 Å². The molecule has 0 fully saturated rings. The van der Waals surface area contributed by atoms with Crippen LogP contribution < -0.4 is 4.72 Å². The Bertz CT molecular complexity index is 363. The van der Waals surface area contributed by atoms with E-state index in [0.717, 1.165) is 7.05 Å². The zero-order valence-electron chi connectivity index (χ0n) is 7.60. The third-order valence-electron chi connectivity index (χ3n) is 1.63. The van der Waals surface area contributed by atoms with E-state index >= 15 is 0 Å². The molecular formula is C6H12N3NaO3S. The molecule has 0 radical (unpaired) electrons. The van der Waals surface area contributed by atoms with Crippen molar-refractivity contribution in [3.8, 4) is 0 Å². The van der Waals surface area contributed by atoms with E-state index in [-0.39, 0.29) is 41.3 Å². The summed E-state index contributed by atoms with van der Waals surface area (Å²) < 4.78 is 25.2. The van der Waals surface area contributed by atoms with Crippen LogP contribution in [-0.4, -0.2) is 61.2 Å². The Balaban J connectivity index is 0.00000169. The van der Waals surface area contributed by atoms with Crippen LogP contribution in [0.3, 0.4) is 0 Å². The Morgan fingerprint density at radius 1 is 1.43 bits per heavy atom. The number of rotatable bonds is 1. The average molecular weight is 229 g/mol. The third kappa shape index (κ3) is 2.69. The molecule has 0 aromatic carbocycles. The van der Waals surface area contributed by atoms with E-state index in [1.54, 1.807) is 13.8 Å². The first-order valence-electron chi connectivity index (χ1n) is 3.74. The molecule has 0 spiro atoms. The maximum absolute atomic E-state index is 11.2. The fraction of sp³-hybridized carbons (Fsp3) is 0.667. The standard InChI is InChI=1S/C6H11N3O3S.Na.H/c1-4(2)5-7-6(10)9(3)13(11,12)8-5;;/h4H,1-3H3,(H,7,8,10);;. The van der Waals surface area contributed by atoms with E-state index in [4.69, 9.17) is 0 Å². The molecule has 1 aliphatic rings. The van der Waals surface area contributed by atoms with E-state index in [9.17, 15) is 13.2 Å². The number of aliphatic imine (C=N–C) groups is 1. The Kier molecular flexibility index (Phi) is 4.57. The topological polar surface area (TPSA) is 78.8 Å². The summed E-state index contributed by atoms with van der Waals surface area (Å²) in [6.45, 7) is 3.50. The van der Waals surface area contributed by atoms with Crippen LogP contribution in [0, 0.1) is 5.92 Å². The number of nitrogens with zero attached hydrogens (tertiary/aromatic N) is 2. The van der Waals surface area contributed by atoms with Crippen molar-refractivity contribution < 1.29 is 13.2 Å². The van der Waals surface area contributed by atoms with E-state index in [1.165, 1.54) is 0 Å². The summed E-state index contributed by atoms with van der Waals surface area (Å²) in [4.78, 5) is 14.6. The maximum atomic E-state index is 11.2. The molecule has 76 valence electrons. The van der Waals surface area contributed by atoms with Crippen molar-refractivity contribution in [1.82, 2.24) is 9.03 Å². The number of hydrogen-bond acceptors (Lipinski definition) is 3. The molecule has 0 saturated carbocycles. The van der Waals surface area contributed by atoms with Gasteiger partial charge in [0.05, 0.1) is 0 Å². The van der Waals surface area contributed by atoms with Crippen molar-refractivity contribution in [1.29, 1.82) is 0 Å². The second-order valence-electron chi connectivity index (χ2n) is 3.01. The summed E-state index contributed by atoms with van der Waals surface area (Å²) in [6.07, 6.45) is 0. The molecule has 0 unspecified atom stereocenters. The number of amidine groups is 1. The van der Waals surface area contributed by atoms with Gasteiger partial charge in [0.2, 0.25) is 0 Å². The Morgan fingerprint density at radius 3 is 2.29 bits per heavy atom. The van der Waals surface area contributed by atoms with Crippen LogP contribution in [0.5, 0.6) is 0 Å². The van der Waals surface area contributed by atoms with Gasteiger partial charge in [0.1, 0.15) is 5.84 Å². The predicted octanol–water partition coefficient (Wildman–Crippen LogP) is -0.708. The normalized spacial score (nSPS) is 19.9. The number of nitrogens with one attached hydrogen (secondary N) is 1. The molecular weight excluding hydrogens is 217 g/mol. The second kappa shape index (κ2) is 4.61. The second-order valence-corrected chi connectivity index (χ2v) is 4.71. The van der Waals surface area contributed by atoms with Gasteiger partial charge in [-0.15, -0.1) is 0 Å². The first-order valence-corrected chi connectivity index (χ1v) is 5.18. The summed E-state index contributed by atoms with van der Waals surface area (Å²) in [6, 6.07) is -0.762. The molecule has 0 aromatic rings. The van der Waals surface area contributed by atoms with Gasteiger partial charge in [0.25, 0.3) is 0 Å². The quantitative estimate of drug-likeness (QED) is 0.603. The molecule has 0 bridgehead atoms. The molecule has 0 saturated heterocycles. The van der Waals surface area contributed by atoms with Gasteiger partial charge in [0, 0.05) is 13.0 Å². The molecule has 2 amide bonds. The van der Waals surface area contributed by atoms with Gasteiger partial charge < -0.3 is 0 Å².